The molecule has 5 aromatic rings. The first-order valence-electron chi connectivity index (χ1n) is 12.8. The van der Waals surface area contributed by atoms with E-state index in [2.05, 4.69) is 41.9 Å². The highest BCUT2D eigenvalue weighted by molar-refractivity contribution is 5.97. The number of hydrogen-bond acceptors (Lipinski definition) is 6. The lowest BCUT2D eigenvalue weighted by Crippen LogP contribution is -2.30. The fourth-order valence-corrected chi connectivity index (χ4v) is 5.18. The van der Waals surface area contributed by atoms with E-state index in [-0.39, 0.29) is 5.52 Å². The standard InChI is InChI=1S/C28H27FN8/c1-16(17-5-6-17)32-20-11-19(14-30-15-20)18-12-21-24(22(29)13-18)35-36-25(21)27-33-23-7-8-31-28(26(23)34-27)37-9-3-2-4-10-37/h7-8,11-15,17,32H,1-6,9-10H2,(H,33,34)(H,35,36). The second-order valence-electron chi connectivity index (χ2n) is 10.0. The maximum Gasteiger partial charge on any atom is 0.157 e. The average molecular weight is 495 g/mol. The number of piperidine rings is 1. The van der Waals surface area contributed by atoms with Crippen molar-refractivity contribution >= 4 is 33.4 Å². The minimum absolute atomic E-state index is 0.276. The zero-order valence-electron chi connectivity index (χ0n) is 20.4. The first-order valence-corrected chi connectivity index (χ1v) is 12.8. The van der Waals surface area contributed by atoms with Gasteiger partial charge in [-0.05, 0) is 67.9 Å². The summed E-state index contributed by atoms with van der Waals surface area (Å²) in [6.45, 7) is 6.09. The van der Waals surface area contributed by atoms with Crippen LogP contribution >= 0.6 is 0 Å². The van der Waals surface area contributed by atoms with E-state index in [1.165, 1.54) is 25.3 Å². The van der Waals surface area contributed by atoms with Gasteiger partial charge in [0.25, 0.3) is 0 Å². The van der Waals surface area contributed by atoms with Gasteiger partial charge in [-0.15, -0.1) is 0 Å². The Morgan fingerprint density at radius 3 is 2.76 bits per heavy atom. The van der Waals surface area contributed by atoms with Crippen LogP contribution < -0.4 is 10.2 Å². The van der Waals surface area contributed by atoms with Crippen LogP contribution in [0.25, 0.3) is 44.6 Å². The van der Waals surface area contributed by atoms with Crippen LogP contribution in [0, 0.1) is 11.7 Å². The molecule has 0 atom stereocenters. The van der Waals surface area contributed by atoms with Gasteiger partial charge in [-0.25, -0.2) is 14.4 Å². The van der Waals surface area contributed by atoms with Crippen molar-refractivity contribution in [2.24, 2.45) is 5.92 Å². The molecule has 1 saturated heterocycles. The number of aromatic nitrogens is 6. The molecule has 9 heteroatoms. The molecule has 5 heterocycles. The molecular weight excluding hydrogens is 467 g/mol. The van der Waals surface area contributed by atoms with Crippen molar-refractivity contribution in [1.29, 1.82) is 0 Å². The lowest BCUT2D eigenvalue weighted by atomic mass is 10.0. The van der Waals surface area contributed by atoms with Crippen molar-refractivity contribution in [2.45, 2.75) is 32.1 Å². The Hall–Kier alpha value is -4.27. The first kappa shape index (κ1) is 22.0. The molecule has 1 aliphatic carbocycles. The topological polar surface area (TPSA) is 98.4 Å². The van der Waals surface area contributed by atoms with Gasteiger partial charge in [0, 0.05) is 42.1 Å². The lowest BCUT2D eigenvalue weighted by Gasteiger charge is -2.27. The number of allylic oxidation sites excluding steroid dienone is 1. The summed E-state index contributed by atoms with van der Waals surface area (Å²) in [6, 6.07) is 7.33. The van der Waals surface area contributed by atoms with Gasteiger partial charge in [0.05, 0.1) is 17.4 Å². The van der Waals surface area contributed by atoms with Crippen LogP contribution in [-0.4, -0.2) is 43.2 Å². The Kier molecular flexibility index (Phi) is 5.16. The Balaban J connectivity index is 1.28. The molecule has 0 bridgehead atoms. The van der Waals surface area contributed by atoms with Crippen LogP contribution in [0.3, 0.4) is 0 Å². The normalized spacial score (nSPS) is 16.0. The molecule has 0 amide bonds. The Labute approximate surface area is 213 Å². The number of hydrogen-bond donors (Lipinski definition) is 3. The quantitative estimate of drug-likeness (QED) is 0.267. The van der Waals surface area contributed by atoms with Crippen LogP contribution in [0.5, 0.6) is 0 Å². The van der Waals surface area contributed by atoms with E-state index in [0.29, 0.717) is 28.4 Å². The smallest absolute Gasteiger partial charge is 0.157 e. The van der Waals surface area contributed by atoms with Crippen LogP contribution in [0.1, 0.15) is 32.1 Å². The molecule has 0 spiro atoms. The van der Waals surface area contributed by atoms with Gasteiger partial charge in [0.15, 0.2) is 17.5 Å². The number of anilines is 2. The highest BCUT2D eigenvalue weighted by atomic mass is 19.1. The summed E-state index contributed by atoms with van der Waals surface area (Å²) in [5, 5.41) is 11.3. The highest BCUT2D eigenvalue weighted by Gasteiger charge is 2.25. The number of H-pyrrole nitrogens is 2. The third-order valence-corrected chi connectivity index (χ3v) is 7.33. The fraction of sp³-hybridized carbons (Fsp3) is 0.286. The maximum atomic E-state index is 15.2. The molecule has 1 saturated carbocycles. The van der Waals surface area contributed by atoms with Crippen molar-refractivity contribution in [3.8, 4) is 22.6 Å². The maximum absolute atomic E-state index is 15.2. The summed E-state index contributed by atoms with van der Waals surface area (Å²) in [7, 11) is 0. The molecule has 0 radical (unpaired) electrons. The molecule has 1 aliphatic heterocycles. The first-order chi connectivity index (χ1) is 18.1. The SMILES string of the molecule is C=C(Nc1cncc(-c2cc(F)c3n[nH]c(-c4nc5c(N6CCCCC6)nccc5[nH]4)c3c2)c1)C1CC1. The van der Waals surface area contributed by atoms with Crippen LogP contribution in [0.4, 0.5) is 15.9 Å². The Morgan fingerprint density at radius 1 is 1.05 bits per heavy atom. The second kappa shape index (κ2) is 8.69. The Bertz CT molecular complexity index is 1640. The number of aromatic amines is 2. The van der Waals surface area contributed by atoms with Gasteiger partial charge in [-0.3, -0.25) is 10.1 Å². The van der Waals surface area contributed by atoms with E-state index in [0.717, 1.165) is 59.7 Å². The zero-order chi connectivity index (χ0) is 24.9. The summed E-state index contributed by atoms with van der Waals surface area (Å²) >= 11 is 0. The molecule has 4 aromatic heterocycles. The number of benzene rings is 1. The summed E-state index contributed by atoms with van der Waals surface area (Å²) in [6.07, 6.45) is 11.2. The molecule has 1 aromatic carbocycles. The summed E-state index contributed by atoms with van der Waals surface area (Å²) in [5.41, 5.74) is 5.99. The van der Waals surface area contributed by atoms with Crippen molar-refractivity contribution in [3.63, 3.8) is 0 Å². The average Bonchev–Trinajstić information content (AvgIpc) is 3.55. The predicted molar refractivity (Wildman–Crippen MR) is 144 cm³/mol. The van der Waals surface area contributed by atoms with Crippen LogP contribution in [0.15, 0.2) is 55.1 Å². The van der Waals surface area contributed by atoms with Gasteiger partial charge in [0.1, 0.15) is 16.7 Å². The van der Waals surface area contributed by atoms with Gasteiger partial charge >= 0.3 is 0 Å². The largest absolute Gasteiger partial charge is 0.358 e. The minimum atomic E-state index is -0.400. The third kappa shape index (κ3) is 4.00. The fourth-order valence-electron chi connectivity index (χ4n) is 5.18. The van der Waals surface area contributed by atoms with Gasteiger partial charge in [0.2, 0.25) is 0 Å². The van der Waals surface area contributed by atoms with Crippen LogP contribution in [-0.2, 0) is 0 Å². The van der Waals surface area contributed by atoms with E-state index < -0.39 is 5.82 Å². The molecule has 0 unspecified atom stereocenters. The number of nitrogens with one attached hydrogen (secondary N) is 3. The number of imidazole rings is 1. The van der Waals surface area contributed by atoms with Gasteiger partial charge in [-0.1, -0.05) is 6.58 Å². The van der Waals surface area contributed by atoms with Crippen molar-refractivity contribution in [2.75, 3.05) is 23.3 Å². The number of nitrogens with zero attached hydrogens (tertiary/aromatic N) is 5. The Morgan fingerprint density at radius 2 is 1.92 bits per heavy atom. The molecule has 37 heavy (non-hydrogen) atoms. The monoisotopic (exact) mass is 494 g/mol. The molecule has 2 aliphatic rings. The van der Waals surface area contributed by atoms with Crippen LogP contribution in [0.2, 0.25) is 0 Å². The number of halogens is 1. The zero-order valence-corrected chi connectivity index (χ0v) is 20.4. The molecule has 2 fully saturated rings. The summed E-state index contributed by atoms with van der Waals surface area (Å²) in [4.78, 5) is 19.6. The molecular formula is C28H27FN8. The molecule has 3 N–H and O–H groups in total. The van der Waals surface area contributed by atoms with Crippen molar-refractivity contribution in [1.82, 2.24) is 30.1 Å². The number of fused-ring (bicyclic) bond motifs is 2. The number of pyridine rings is 2. The van der Waals surface area contributed by atoms with E-state index >= 15 is 4.39 Å². The third-order valence-electron chi connectivity index (χ3n) is 7.33. The van der Waals surface area contributed by atoms with Gasteiger partial charge in [-0.2, -0.15) is 5.10 Å². The minimum Gasteiger partial charge on any atom is -0.358 e. The highest BCUT2D eigenvalue weighted by Crippen LogP contribution is 2.37. The second-order valence-corrected chi connectivity index (χ2v) is 10.0. The molecule has 8 nitrogen and oxygen atoms in total. The predicted octanol–water partition coefficient (Wildman–Crippen LogP) is 6.03. The lowest BCUT2D eigenvalue weighted by molar-refractivity contribution is 0.574. The van der Waals surface area contributed by atoms with E-state index in [4.69, 9.17) is 4.98 Å². The summed E-state index contributed by atoms with van der Waals surface area (Å²) in [5.74, 6) is 1.62. The van der Waals surface area contributed by atoms with Crippen molar-refractivity contribution < 1.29 is 4.39 Å². The van der Waals surface area contributed by atoms with E-state index in [1.807, 2.05) is 24.4 Å². The van der Waals surface area contributed by atoms with Crippen molar-refractivity contribution in [3.05, 3.63) is 60.9 Å². The molecule has 7 rings (SSSR count). The number of rotatable bonds is 6. The van der Waals surface area contributed by atoms with E-state index in [9.17, 15) is 0 Å². The summed E-state index contributed by atoms with van der Waals surface area (Å²) < 4.78 is 15.2. The van der Waals surface area contributed by atoms with Gasteiger partial charge < -0.3 is 15.2 Å². The molecule has 186 valence electrons. The van der Waals surface area contributed by atoms with E-state index in [1.54, 1.807) is 12.4 Å².